The molecule has 2 heterocycles. The van der Waals surface area contributed by atoms with E-state index in [0.29, 0.717) is 0 Å². The SMILES string of the molecule is C#CCOc1ccc(C2c3c(n(C)c4ccccc34)C(c3ccc(OCC#C)cc3)c3c2n(C)c2ccccc32)cc1. The minimum absolute atomic E-state index is 0.0228. The summed E-state index contributed by atoms with van der Waals surface area (Å²) in [6.07, 6.45) is 10.9. The molecule has 2 atom stereocenters. The molecule has 0 N–H and O–H groups in total. The molecule has 0 aliphatic heterocycles. The number of benzene rings is 4. The lowest BCUT2D eigenvalue weighted by atomic mass is 9.72. The molecule has 0 saturated heterocycles. The average Bonchev–Trinajstić information content (AvgIpc) is 3.50. The lowest BCUT2D eigenvalue weighted by Crippen LogP contribution is -2.22. The summed E-state index contributed by atoms with van der Waals surface area (Å²) in [6, 6.07) is 34.3. The van der Waals surface area contributed by atoms with Crippen LogP contribution in [0.25, 0.3) is 21.8 Å². The molecule has 1 aliphatic carbocycles. The Bertz CT molecular complexity index is 1880. The number of hydrogen-bond acceptors (Lipinski definition) is 2. The first kappa shape index (κ1) is 25.6. The monoisotopic (exact) mass is 546 g/mol. The largest absolute Gasteiger partial charge is 0.481 e. The number of terminal acetylenes is 2. The molecule has 204 valence electrons. The van der Waals surface area contributed by atoms with E-state index >= 15 is 0 Å². The van der Waals surface area contributed by atoms with Gasteiger partial charge in [0.25, 0.3) is 0 Å². The second kappa shape index (κ2) is 10.3. The fraction of sp³-hybridized carbons (Fsp3) is 0.158. The standard InChI is InChI=1S/C38H30N2O2/c1-5-23-41-27-19-15-25(16-20-27)33-35-29-11-7-9-13-31(29)40(4)38(35)34(26-17-21-28(22-18-26)42-24-6-2)36-30-12-8-10-14-32(30)39(3)37(33)36/h1-2,7-22,33-34H,23-24H2,3-4H3. The van der Waals surface area contributed by atoms with Crippen molar-refractivity contribution in [2.24, 2.45) is 14.1 Å². The van der Waals surface area contributed by atoms with Crippen LogP contribution in [0.2, 0.25) is 0 Å². The van der Waals surface area contributed by atoms with Gasteiger partial charge in [0, 0.05) is 47.3 Å². The maximum Gasteiger partial charge on any atom is 0.148 e. The van der Waals surface area contributed by atoms with E-state index in [1.54, 1.807) is 0 Å². The van der Waals surface area contributed by atoms with E-state index in [0.717, 1.165) is 11.5 Å². The van der Waals surface area contributed by atoms with Gasteiger partial charge in [-0.05, 0) is 58.7 Å². The van der Waals surface area contributed by atoms with Gasteiger partial charge >= 0.3 is 0 Å². The molecule has 7 rings (SSSR count). The van der Waals surface area contributed by atoms with Gasteiger partial charge in [-0.1, -0.05) is 72.5 Å². The third-order valence-electron chi connectivity index (χ3n) is 8.58. The van der Waals surface area contributed by atoms with Crippen molar-refractivity contribution in [2.75, 3.05) is 13.2 Å². The molecule has 0 spiro atoms. The van der Waals surface area contributed by atoms with E-state index in [2.05, 4.69) is 108 Å². The molecule has 0 radical (unpaired) electrons. The van der Waals surface area contributed by atoms with Crippen molar-refractivity contribution in [3.63, 3.8) is 0 Å². The topological polar surface area (TPSA) is 28.3 Å². The highest BCUT2D eigenvalue weighted by Crippen LogP contribution is 2.54. The first-order valence-electron chi connectivity index (χ1n) is 14.1. The van der Waals surface area contributed by atoms with Crippen LogP contribution in [0.15, 0.2) is 97.1 Å². The van der Waals surface area contributed by atoms with Crippen LogP contribution in [-0.2, 0) is 14.1 Å². The maximum absolute atomic E-state index is 5.73. The van der Waals surface area contributed by atoms with E-state index in [-0.39, 0.29) is 25.0 Å². The van der Waals surface area contributed by atoms with Gasteiger partial charge in [-0.25, -0.2) is 0 Å². The predicted molar refractivity (Wildman–Crippen MR) is 169 cm³/mol. The van der Waals surface area contributed by atoms with Crippen molar-refractivity contribution in [3.8, 4) is 36.2 Å². The lowest BCUT2D eigenvalue weighted by Gasteiger charge is -2.33. The summed E-state index contributed by atoms with van der Waals surface area (Å²) < 4.78 is 16.2. The number of aryl methyl sites for hydroxylation is 2. The van der Waals surface area contributed by atoms with Crippen molar-refractivity contribution >= 4 is 21.8 Å². The van der Waals surface area contributed by atoms with E-state index < -0.39 is 0 Å². The summed E-state index contributed by atoms with van der Waals surface area (Å²) in [7, 11) is 4.39. The molecule has 0 amide bonds. The zero-order chi connectivity index (χ0) is 28.8. The maximum atomic E-state index is 5.73. The zero-order valence-corrected chi connectivity index (χ0v) is 23.7. The Balaban J connectivity index is 1.53. The third kappa shape index (κ3) is 3.88. The van der Waals surface area contributed by atoms with Crippen molar-refractivity contribution in [1.82, 2.24) is 9.13 Å². The van der Waals surface area contributed by atoms with Crippen molar-refractivity contribution < 1.29 is 9.47 Å². The Morgan fingerprint density at radius 3 is 1.33 bits per heavy atom. The molecule has 4 heteroatoms. The van der Waals surface area contributed by atoms with Gasteiger partial charge < -0.3 is 18.6 Å². The van der Waals surface area contributed by atoms with Gasteiger partial charge in [0.05, 0.1) is 11.8 Å². The molecule has 1 aliphatic rings. The van der Waals surface area contributed by atoms with Crippen LogP contribution in [0.5, 0.6) is 11.5 Å². The summed E-state index contributed by atoms with van der Waals surface area (Å²) in [5.41, 5.74) is 10.1. The van der Waals surface area contributed by atoms with Crippen LogP contribution in [0, 0.1) is 24.7 Å². The first-order chi connectivity index (χ1) is 20.6. The summed E-state index contributed by atoms with van der Waals surface area (Å²) in [5, 5.41) is 2.53. The van der Waals surface area contributed by atoms with Gasteiger partial charge in [-0.15, -0.1) is 12.8 Å². The Hall–Kier alpha value is -5.32. The zero-order valence-electron chi connectivity index (χ0n) is 23.7. The second-order valence-corrected chi connectivity index (χ2v) is 10.7. The van der Waals surface area contributed by atoms with E-state index in [9.17, 15) is 0 Å². The molecule has 4 nitrogen and oxygen atoms in total. The summed E-state index contributed by atoms with van der Waals surface area (Å²) >= 11 is 0. The molecule has 2 aromatic heterocycles. The van der Waals surface area contributed by atoms with Crippen LogP contribution in [0.3, 0.4) is 0 Å². The molecule has 4 aromatic carbocycles. The van der Waals surface area contributed by atoms with Gasteiger partial charge in [0.2, 0.25) is 0 Å². The fourth-order valence-corrected chi connectivity index (χ4v) is 6.88. The molecule has 42 heavy (non-hydrogen) atoms. The Morgan fingerprint density at radius 2 is 0.952 bits per heavy atom. The molecule has 2 unspecified atom stereocenters. The molecule has 0 bridgehead atoms. The quantitative estimate of drug-likeness (QED) is 0.204. The third-order valence-corrected chi connectivity index (χ3v) is 8.58. The molecular weight excluding hydrogens is 516 g/mol. The smallest absolute Gasteiger partial charge is 0.148 e. The summed E-state index contributed by atoms with van der Waals surface area (Å²) in [6.45, 7) is 0.496. The number of hydrogen-bond donors (Lipinski definition) is 0. The van der Waals surface area contributed by atoms with Crippen molar-refractivity contribution in [1.29, 1.82) is 0 Å². The minimum Gasteiger partial charge on any atom is -0.481 e. The molecular formula is C38H30N2O2. The predicted octanol–water partition coefficient (Wildman–Crippen LogP) is 7.37. The number of nitrogens with zero attached hydrogens (tertiary/aromatic N) is 2. The fourth-order valence-electron chi connectivity index (χ4n) is 6.88. The van der Waals surface area contributed by atoms with Gasteiger partial charge in [-0.3, -0.25) is 0 Å². The normalized spacial score (nSPS) is 15.5. The van der Waals surface area contributed by atoms with Gasteiger partial charge in [0.1, 0.15) is 24.7 Å². The number of para-hydroxylation sites is 2. The second-order valence-electron chi connectivity index (χ2n) is 10.7. The average molecular weight is 547 g/mol. The first-order valence-corrected chi connectivity index (χ1v) is 14.1. The number of fused-ring (bicyclic) bond motifs is 6. The van der Waals surface area contributed by atoms with Crippen LogP contribution in [0.4, 0.5) is 0 Å². The minimum atomic E-state index is 0.0228. The Morgan fingerprint density at radius 1 is 0.571 bits per heavy atom. The van der Waals surface area contributed by atoms with Crippen LogP contribution in [0.1, 0.15) is 45.5 Å². The Kier molecular flexibility index (Phi) is 6.26. The van der Waals surface area contributed by atoms with E-state index in [1.165, 1.54) is 55.4 Å². The highest BCUT2D eigenvalue weighted by atomic mass is 16.5. The summed E-state index contributed by atoms with van der Waals surface area (Å²) in [4.78, 5) is 0. The van der Waals surface area contributed by atoms with Crippen molar-refractivity contribution in [2.45, 2.75) is 11.8 Å². The highest BCUT2D eigenvalue weighted by Gasteiger charge is 2.41. The lowest BCUT2D eigenvalue weighted by molar-refractivity contribution is 0.370. The van der Waals surface area contributed by atoms with Gasteiger partial charge in [0.15, 0.2) is 0 Å². The van der Waals surface area contributed by atoms with E-state index in [4.69, 9.17) is 22.3 Å². The van der Waals surface area contributed by atoms with E-state index in [1.807, 2.05) is 24.3 Å². The Labute approximate surface area is 246 Å². The number of rotatable bonds is 6. The number of aromatic nitrogens is 2. The molecule has 0 fully saturated rings. The van der Waals surface area contributed by atoms with Gasteiger partial charge in [-0.2, -0.15) is 0 Å². The van der Waals surface area contributed by atoms with Crippen LogP contribution >= 0.6 is 0 Å². The molecule has 6 aromatic rings. The molecule has 0 saturated carbocycles. The summed E-state index contributed by atoms with van der Waals surface area (Å²) in [5.74, 6) is 6.70. The van der Waals surface area contributed by atoms with Crippen LogP contribution < -0.4 is 9.47 Å². The van der Waals surface area contributed by atoms with Crippen molar-refractivity contribution in [3.05, 3.63) is 131 Å². The van der Waals surface area contributed by atoms with Crippen LogP contribution in [-0.4, -0.2) is 22.3 Å². The number of ether oxygens (including phenoxy) is 2. The highest BCUT2D eigenvalue weighted by molar-refractivity contribution is 5.94.